The first kappa shape index (κ1) is 29.4. The van der Waals surface area contributed by atoms with Crippen molar-refractivity contribution < 1.29 is 14.3 Å². The molecule has 6 heteroatoms. The highest BCUT2D eigenvalue weighted by molar-refractivity contribution is 5.84. The van der Waals surface area contributed by atoms with Gasteiger partial charge in [-0.2, -0.15) is 0 Å². The molecule has 0 aliphatic rings. The molecule has 0 bridgehead atoms. The number of rotatable bonds is 12. The Kier molecular flexibility index (Phi) is 11.0. The lowest BCUT2D eigenvalue weighted by atomic mass is 10.1. The van der Waals surface area contributed by atoms with E-state index in [4.69, 9.17) is 9.47 Å². The average molecular weight is 550 g/mol. The number of carbonyl (C=O) groups is 1. The number of para-hydroxylation sites is 1. The molecule has 5 aromatic rings. The highest BCUT2D eigenvalue weighted by Crippen LogP contribution is 2.29. The number of fused-ring (bicyclic) bond motifs is 1. The summed E-state index contributed by atoms with van der Waals surface area (Å²) in [6.07, 6.45) is 5.60. The molecule has 0 aliphatic carbocycles. The fourth-order valence-electron chi connectivity index (χ4n) is 4.71. The number of carbonyl (C=O) groups excluding carboxylic acids is 1. The quantitative estimate of drug-likeness (QED) is 0.176. The predicted molar refractivity (Wildman–Crippen MR) is 165 cm³/mol. The number of aryl methyl sites for hydroxylation is 1. The second-order valence-electron chi connectivity index (χ2n) is 9.51. The minimum Gasteiger partial charge on any atom is -0.493 e. The monoisotopic (exact) mass is 549 g/mol. The molecule has 0 fully saturated rings. The van der Waals surface area contributed by atoms with Crippen molar-refractivity contribution in [1.29, 1.82) is 0 Å². The molecule has 212 valence electrons. The van der Waals surface area contributed by atoms with Crippen molar-refractivity contribution in [2.24, 2.45) is 0 Å². The molecule has 0 spiro atoms. The van der Waals surface area contributed by atoms with Gasteiger partial charge in [-0.05, 0) is 53.4 Å². The molecule has 0 radical (unpaired) electrons. The molecule has 0 aliphatic heterocycles. The number of ether oxygens (including phenoxy) is 2. The summed E-state index contributed by atoms with van der Waals surface area (Å²) in [7, 11) is 1.64. The number of benzene rings is 3. The fourth-order valence-corrected chi connectivity index (χ4v) is 4.71. The number of hydrogen-bond donors (Lipinski definition) is 1. The summed E-state index contributed by atoms with van der Waals surface area (Å²) in [4.78, 5) is 23.2. The van der Waals surface area contributed by atoms with Gasteiger partial charge >= 0.3 is 0 Å². The number of aromatic amines is 1. The van der Waals surface area contributed by atoms with E-state index in [9.17, 15) is 4.79 Å². The summed E-state index contributed by atoms with van der Waals surface area (Å²) in [5, 5.41) is 1.17. The van der Waals surface area contributed by atoms with E-state index in [-0.39, 0.29) is 5.91 Å². The Morgan fingerprint density at radius 3 is 2.41 bits per heavy atom. The number of methoxy groups -OCH3 is 1. The van der Waals surface area contributed by atoms with E-state index in [1.807, 2.05) is 104 Å². The zero-order chi connectivity index (χ0) is 28.9. The third kappa shape index (κ3) is 8.21. The summed E-state index contributed by atoms with van der Waals surface area (Å²) < 4.78 is 11.7. The predicted octanol–water partition coefficient (Wildman–Crippen LogP) is 7.38. The number of amides is 1. The van der Waals surface area contributed by atoms with Crippen molar-refractivity contribution in [2.75, 3.05) is 13.7 Å². The maximum Gasteiger partial charge on any atom is 0.223 e. The first-order valence-electron chi connectivity index (χ1n) is 14.3. The Morgan fingerprint density at radius 1 is 0.854 bits per heavy atom. The Hall–Kier alpha value is -4.58. The molecule has 0 unspecified atom stereocenters. The van der Waals surface area contributed by atoms with Crippen molar-refractivity contribution in [3.05, 3.63) is 126 Å². The number of aromatic nitrogens is 2. The topological polar surface area (TPSA) is 67.5 Å². The first-order chi connectivity index (χ1) is 20.2. The van der Waals surface area contributed by atoms with Gasteiger partial charge in [0.25, 0.3) is 0 Å². The summed E-state index contributed by atoms with van der Waals surface area (Å²) in [6.45, 7) is 5.52. The van der Waals surface area contributed by atoms with Gasteiger partial charge in [-0.1, -0.05) is 74.5 Å². The number of hydrogen-bond acceptors (Lipinski definition) is 4. The normalized spacial score (nSPS) is 10.5. The zero-order valence-corrected chi connectivity index (χ0v) is 24.2. The van der Waals surface area contributed by atoms with Crippen molar-refractivity contribution in [3.63, 3.8) is 0 Å². The van der Waals surface area contributed by atoms with Crippen molar-refractivity contribution in [3.8, 4) is 11.5 Å². The lowest BCUT2D eigenvalue weighted by molar-refractivity contribution is -0.131. The summed E-state index contributed by atoms with van der Waals surface area (Å²) in [6, 6.07) is 30.0. The molecule has 0 saturated carbocycles. The molecule has 6 nitrogen and oxygen atoms in total. The van der Waals surface area contributed by atoms with Crippen LogP contribution in [0.5, 0.6) is 11.5 Å². The van der Waals surface area contributed by atoms with Crippen LogP contribution in [0.15, 0.2) is 103 Å². The number of nitrogens with zero attached hydrogens (tertiary/aromatic N) is 2. The van der Waals surface area contributed by atoms with Gasteiger partial charge in [-0.3, -0.25) is 9.78 Å². The third-order valence-electron chi connectivity index (χ3n) is 6.84. The van der Waals surface area contributed by atoms with E-state index in [1.165, 1.54) is 5.39 Å². The van der Waals surface area contributed by atoms with Crippen LogP contribution in [0.1, 0.15) is 42.7 Å². The molecule has 1 N–H and O–H groups in total. The number of pyridine rings is 1. The lowest BCUT2D eigenvalue weighted by Gasteiger charge is -2.23. The van der Waals surface area contributed by atoms with Crippen molar-refractivity contribution in [2.45, 2.75) is 46.3 Å². The molecule has 0 saturated heterocycles. The maximum absolute atomic E-state index is 13.5. The molecule has 1 amide bonds. The van der Waals surface area contributed by atoms with Gasteiger partial charge in [0.05, 0.1) is 7.11 Å². The minimum absolute atomic E-state index is 0.111. The number of nitrogens with one attached hydrogen (secondary N) is 1. The van der Waals surface area contributed by atoms with E-state index < -0.39 is 0 Å². The van der Waals surface area contributed by atoms with Crippen LogP contribution in [0, 0.1) is 0 Å². The van der Waals surface area contributed by atoms with Crippen LogP contribution in [0.2, 0.25) is 0 Å². The van der Waals surface area contributed by atoms with Crippen LogP contribution in [0.3, 0.4) is 0 Å². The van der Waals surface area contributed by atoms with Crippen LogP contribution in [0.4, 0.5) is 0 Å². The summed E-state index contributed by atoms with van der Waals surface area (Å²) in [5.41, 5.74) is 5.29. The zero-order valence-electron chi connectivity index (χ0n) is 24.2. The Morgan fingerprint density at radius 2 is 1.63 bits per heavy atom. The van der Waals surface area contributed by atoms with E-state index in [0.717, 1.165) is 27.9 Å². The van der Waals surface area contributed by atoms with Gasteiger partial charge < -0.3 is 19.4 Å². The standard InChI is InChI=1S/C33H33N3O3.C2H6/c1-38-32-21-26(14-16-31(32)39-24-25-9-3-2-4-10-25)23-36(20-18-28-11-7-8-19-34-28)33(37)17-15-27-22-35-30-13-6-5-12-29(27)30;1-2/h2-14,16,19,21-22,35H,15,17-18,20,23-24H2,1H3;1-2H3. The van der Waals surface area contributed by atoms with Crippen LogP contribution in [-0.4, -0.2) is 34.4 Å². The van der Waals surface area contributed by atoms with E-state index in [1.54, 1.807) is 13.3 Å². The smallest absolute Gasteiger partial charge is 0.223 e. The third-order valence-corrected chi connectivity index (χ3v) is 6.84. The largest absolute Gasteiger partial charge is 0.493 e. The van der Waals surface area contributed by atoms with Gasteiger partial charge in [0.1, 0.15) is 6.61 Å². The highest BCUT2D eigenvalue weighted by Gasteiger charge is 2.17. The number of H-pyrrole nitrogens is 1. The van der Waals surface area contributed by atoms with Crippen LogP contribution in [-0.2, 0) is 30.8 Å². The second-order valence-corrected chi connectivity index (χ2v) is 9.51. The van der Waals surface area contributed by atoms with E-state index in [2.05, 4.69) is 22.1 Å². The van der Waals surface area contributed by atoms with Crippen LogP contribution < -0.4 is 9.47 Å². The van der Waals surface area contributed by atoms with Gasteiger partial charge in [0.2, 0.25) is 5.91 Å². The summed E-state index contributed by atoms with van der Waals surface area (Å²) >= 11 is 0. The molecule has 2 heterocycles. The second kappa shape index (κ2) is 15.3. The molecule has 41 heavy (non-hydrogen) atoms. The van der Waals surface area contributed by atoms with Crippen molar-refractivity contribution in [1.82, 2.24) is 14.9 Å². The lowest BCUT2D eigenvalue weighted by Crippen LogP contribution is -2.32. The van der Waals surface area contributed by atoms with Gasteiger partial charge in [0, 0.05) is 54.9 Å². The van der Waals surface area contributed by atoms with E-state index in [0.29, 0.717) is 50.5 Å². The molecule has 3 aromatic carbocycles. The van der Waals surface area contributed by atoms with Crippen LogP contribution in [0.25, 0.3) is 10.9 Å². The average Bonchev–Trinajstić information content (AvgIpc) is 3.46. The Labute approximate surface area is 243 Å². The highest BCUT2D eigenvalue weighted by atomic mass is 16.5. The molecular formula is C35H39N3O3. The van der Waals surface area contributed by atoms with Gasteiger partial charge in [0.15, 0.2) is 11.5 Å². The maximum atomic E-state index is 13.5. The Bertz CT molecular complexity index is 1500. The van der Waals surface area contributed by atoms with E-state index >= 15 is 0 Å². The summed E-state index contributed by atoms with van der Waals surface area (Å²) in [5.74, 6) is 1.44. The van der Waals surface area contributed by atoms with Gasteiger partial charge in [-0.25, -0.2) is 0 Å². The van der Waals surface area contributed by atoms with Crippen LogP contribution >= 0.6 is 0 Å². The SMILES string of the molecule is CC.COc1cc(CN(CCc2ccccn2)C(=O)CCc2c[nH]c3ccccc23)ccc1OCc1ccccc1. The molecule has 0 atom stereocenters. The fraction of sp³-hybridized carbons (Fsp3) is 0.257. The molecule has 5 rings (SSSR count). The Balaban J connectivity index is 0.00000189. The first-order valence-corrected chi connectivity index (χ1v) is 14.3. The molecular weight excluding hydrogens is 510 g/mol. The minimum atomic E-state index is 0.111. The van der Waals surface area contributed by atoms with Gasteiger partial charge in [-0.15, -0.1) is 0 Å². The molecule has 2 aromatic heterocycles. The van der Waals surface area contributed by atoms with Crippen molar-refractivity contribution >= 4 is 16.8 Å².